The van der Waals surface area contributed by atoms with Crippen LogP contribution >= 0.6 is 15.9 Å². The lowest BCUT2D eigenvalue weighted by Crippen LogP contribution is -2.12. The minimum absolute atomic E-state index is 0.191. The second kappa shape index (κ2) is 5.63. The maximum Gasteiger partial charge on any atom is 0.261 e. The number of benzene rings is 2. The van der Waals surface area contributed by atoms with Gasteiger partial charge < -0.3 is 4.74 Å². The summed E-state index contributed by atoms with van der Waals surface area (Å²) in [6.45, 7) is 0. The molecular formula is C13H12BrNO3S. The number of ether oxygens (including phenoxy) is 1. The quantitative estimate of drug-likeness (QED) is 0.928. The van der Waals surface area contributed by atoms with Crippen molar-refractivity contribution in [2.45, 2.75) is 4.90 Å². The Morgan fingerprint density at radius 2 is 1.58 bits per heavy atom. The van der Waals surface area contributed by atoms with Gasteiger partial charge in [0.15, 0.2) is 0 Å². The van der Waals surface area contributed by atoms with Gasteiger partial charge in [-0.3, -0.25) is 4.72 Å². The van der Waals surface area contributed by atoms with Crippen LogP contribution in [0.25, 0.3) is 0 Å². The lowest BCUT2D eigenvalue weighted by Gasteiger charge is -2.08. The average molecular weight is 342 g/mol. The molecule has 0 aliphatic rings. The predicted octanol–water partition coefficient (Wildman–Crippen LogP) is 3.26. The maximum absolute atomic E-state index is 12.1. The molecule has 2 rings (SSSR count). The molecule has 0 saturated carbocycles. The van der Waals surface area contributed by atoms with E-state index in [1.54, 1.807) is 36.4 Å². The van der Waals surface area contributed by atoms with Crippen LogP contribution in [0.1, 0.15) is 0 Å². The average Bonchev–Trinajstić information content (AvgIpc) is 2.41. The maximum atomic E-state index is 12.1. The Hall–Kier alpha value is -1.53. The fraction of sp³-hybridized carbons (Fsp3) is 0.0769. The SMILES string of the molecule is COc1ccc(S(=O)(=O)Nc2ccc(Br)cc2)cc1. The van der Waals surface area contributed by atoms with Gasteiger partial charge in [-0.1, -0.05) is 15.9 Å². The highest BCUT2D eigenvalue weighted by Crippen LogP contribution is 2.20. The van der Waals surface area contributed by atoms with Crippen molar-refractivity contribution in [1.29, 1.82) is 0 Å². The number of hydrogen-bond donors (Lipinski definition) is 1. The van der Waals surface area contributed by atoms with Crippen LogP contribution < -0.4 is 9.46 Å². The van der Waals surface area contributed by atoms with Gasteiger partial charge in [0, 0.05) is 10.2 Å². The first-order chi connectivity index (χ1) is 9.01. The third kappa shape index (κ3) is 3.48. The van der Waals surface area contributed by atoms with E-state index in [0.717, 1.165) is 4.47 Å². The zero-order valence-corrected chi connectivity index (χ0v) is 12.5. The van der Waals surface area contributed by atoms with Crippen LogP contribution in [-0.4, -0.2) is 15.5 Å². The molecule has 0 aliphatic heterocycles. The van der Waals surface area contributed by atoms with E-state index in [2.05, 4.69) is 20.7 Å². The van der Waals surface area contributed by atoms with Gasteiger partial charge in [-0.15, -0.1) is 0 Å². The van der Waals surface area contributed by atoms with E-state index in [1.807, 2.05) is 0 Å². The van der Waals surface area contributed by atoms with Crippen molar-refractivity contribution in [1.82, 2.24) is 0 Å². The number of halogens is 1. The second-order valence-corrected chi connectivity index (χ2v) is 6.39. The molecule has 0 saturated heterocycles. The van der Waals surface area contributed by atoms with Gasteiger partial charge >= 0.3 is 0 Å². The molecule has 2 aromatic carbocycles. The van der Waals surface area contributed by atoms with Crippen molar-refractivity contribution < 1.29 is 13.2 Å². The van der Waals surface area contributed by atoms with Gasteiger partial charge in [0.25, 0.3) is 10.0 Å². The van der Waals surface area contributed by atoms with Crippen molar-refractivity contribution in [3.8, 4) is 5.75 Å². The summed E-state index contributed by atoms with van der Waals surface area (Å²) in [6, 6.07) is 13.1. The molecule has 6 heteroatoms. The highest BCUT2D eigenvalue weighted by atomic mass is 79.9. The van der Waals surface area contributed by atoms with Gasteiger partial charge in [0.05, 0.1) is 12.0 Å². The number of methoxy groups -OCH3 is 1. The first kappa shape index (κ1) is 13.9. The van der Waals surface area contributed by atoms with Crippen molar-refractivity contribution in [3.05, 3.63) is 53.0 Å². The highest BCUT2D eigenvalue weighted by molar-refractivity contribution is 9.10. The van der Waals surface area contributed by atoms with Crippen LogP contribution in [-0.2, 0) is 10.0 Å². The van der Waals surface area contributed by atoms with Gasteiger partial charge in [-0.25, -0.2) is 8.42 Å². The van der Waals surface area contributed by atoms with Crippen LogP contribution in [0.3, 0.4) is 0 Å². The summed E-state index contributed by atoms with van der Waals surface area (Å²) in [7, 11) is -2.04. The Morgan fingerprint density at radius 3 is 2.11 bits per heavy atom. The number of sulfonamides is 1. The third-order valence-electron chi connectivity index (χ3n) is 2.47. The van der Waals surface area contributed by atoms with Gasteiger partial charge in [-0.2, -0.15) is 0 Å². The van der Waals surface area contributed by atoms with E-state index in [1.165, 1.54) is 19.2 Å². The van der Waals surface area contributed by atoms with E-state index in [4.69, 9.17) is 4.74 Å². The molecule has 0 aliphatic carbocycles. The van der Waals surface area contributed by atoms with Crippen LogP contribution in [0.5, 0.6) is 5.75 Å². The van der Waals surface area contributed by atoms with Crippen LogP contribution in [0.15, 0.2) is 57.9 Å². The Kier molecular flexibility index (Phi) is 4.11. The summed E-state index contributed by atoms with van der Waals surface area (Å²) >= 11 is 3.29. The Morgan fingerprint density at radius 1 is 1.00 bits per heavy atom. The standard InChI is InChI=1S/C13H12BrNO3S/c1-18-12-6-8-13(9-7-12)19(16,17)15-11-4-2-10(14)3-5-11/h2-9,15H,1H3. The third-order valence-corrected chi connectivity index (χ3v) is 4.39. The Bertz CT molecular complexity index is 651. The van der Waals surface area contributed by atoms with Crippen molar-refractivity contribution in [2.24, 2.45) is 0 Å². The van der Waals surface area contributed by atoms with Gasteiger partial charge in [0.1, 0.15) is 5.75 Å². The predicted molar refractivity (Wildman–Crippen MR) is 77.9 cm³/mol. The summed E-state index contributed by atoms with van der Waals surface area (Å²) < 4.78 is 32.6. The molecule has 1 N–H and O–H groups in total. The smallest absolute Gasteiger partial charge is 0.261 e. The van der Waals surface area contributed by atoms with Gasteiger partial charge in [-0.05, 0) is 48.5 Å². The lowest BCUT2D eigenvalue weighted by atomic mass is 10.3. The molecule has 2 aromatic rings. The fourth-order valence-corrected chi connectivity index (χ4v) is 2.81. The molecule has 0 atom stereocenters. The van der Waals surface area contributed by atoms with Crippen molar-refractivity contribution >= 4 is 31.6 Å². The number of rotatable bonds is 4. The van der Waals surface area contributed by atoms with Crippen molar-refractivity contribution in [3.63, 3.8) is 0 Å². The topological polar surface area (TPSA) is 55.4 Å². The zero-order chi connectivity index (χ0) is 13.9. The van der Waals surface area contributed by atoms with Gasteiger partial charge in [0.2, 0.25) is 0 Å². The molecule has 0 unspecified atom stereocenters. The van der Waals surface area contributed by atoms with E-state index in [-0.39, 0.29) is 4.90 Å². The van der Waals surface area contributed by atoms with Crippen LogP contribution in [0.4, 0.5) is 5.69 Å². The molecule has 0 amide bonds. The van der Waals surface area contributed by atoms with Crippen LogP contribution in [0.2, 0.25) is 0 Å². The Balaban J connectivity index is 2.24. The monoisotopic (exact) mass is 341 g/mol. The summed E-state index contributed by atoms with van der Waals surface area (Å²) in [5.74, 6) is 0.614. The molecule has 0 fully saturated rings. The van der Waals surface area contributed by atoms with Crippen molar-refractivity contribution in [2.75, 3.05) is 11.8 Å². The molecule has 0 bridgehead atoms. The largest absolute Gasteiger partial charge is 0.497 e. The molecule has 100 valence electrons. The molecule has 0 heterocycles. The van der Waals surface area contributed by atoms with E-state index in [9.17, 15) is 8.42 Å². The normalized spacial score (nSPS) is 11.1. The highest BCUT2D eigenvalue weighted by Gasteiger charge is 2.13. The van der Waals surface area contributed by atoms with E-state index < -0.39 is 10.0 Å². The zero-order valence-electron chi connectivity index (χ0n) is 10.1. The summed E-state index contributed by atoms with van der Waals surface area (Å²) in [5.41, 5.74) is 0.513. The molecule has 4 nitrogen and oxygen atoms in total. The molecule has 0 aromatic heterocycles. The van der Waals surface area contributed by atoms with E-state index >= 15 is 0 Å². The second-order valence-electron chi connectivity index (χ2n) is 3.79. The first-order valence-corrected chi connectivity index (χ1v) is 7.71. The summed E-state index contributed by atoms with van der Waals surface area (Å²) in [6.07, 6.45) is 0. The fourth-order valence-electron chi connectivity index (χ4n) is 1.49. The lowest BCUT2D eigenvalue weighted by molar-refractivity contribution is 0.414. The number of nitrogens with one attached hydrogen (secondary N) is 1. The minimum atomic E-state index is -3.57. The molecule has 0 spiro atoms. The summed E-state index contributed by atoms with van der Waals surface area (Å²) in [4.78, 5) is 0.191. The van der Waals surface area contributed by atoms with Crippen LogP contribution in [0, 0.1) is 0 Å². The molecular weight excluding hydrogens is 330 g/mol. The first-order valence-electron chi connectivity index (χ1n) is 5.44. The van der Waals surface area contributed by atoms with E-state index in [0.29, 0.717) is 11.4 Å². The summed E-state index contributed by atoms with van der Waals surface area (Å²) in [5, 5.41) is 0. The number of anilines is 1. The molecule has 0 radical (unpaired) electrons. The number of hydrogen-bond acceptors (Lipinski definition) is 3. The Labute approximate surface area is 120 Å². The minimum Gasteiger partial charge on any atom is -0.497 e. The molecule has 19 heavy (non-hydrogen) atoms.